The fourth-order valence-electron chi connectivity index (χ4n) is 2.27. The minimum atomic E-state index is -3.78. The van der Waals surface area contributed by atoms with E-state index in [4.69, 9.17) is 4.52 Å². The summed E-state index contributed by atoms with van der Waals surface area (Å²) in [6.45, 7) is 7.04. The van der Waals surface area contributed by atoms with Gasteiger partial charge in [-0.1, -0.05) is 19.0 Å². The molecule has 0 aliphatic carbocycles. The molecule has 0 aliphatic rings. The van der Waals surface area contributed by atoms with Crippen LogP contribution in [0.4, 0.5) is 11.4 Å². The Balaban J connectivity index is 2.10. The van der Waals surface area contributed by atoms with Gasteiger partial charge in [0.1, 0.15) is 5.69 Å². The van der Waals surface area contributed by atoms with Gasteiger partial charge in [-0.05, 0) is 44.0 Å². The highest BCUT2D eigenvalue weighted by Gasteiger charge is 2.24. The molecule has 24 heavy (non-hydrogen) atoms. The van der Waals surface area contributed by atoms with Gasteiger partial charge in [0.2, 0.25) is 5.91 Å². The van der Waals surface area contributed by atoms with Crippen molar-refractivity contribution >= 4 is 27.3 Å². The molecule has 0 spiro atoms. The third-order valence-electron chi connectivity index (χ3n) is 3.25. The molecule has 8 heteroatoms. The first-order chi connectivity index (χ1) is 11.2. The first-order valence-electron chi connectivity index (χ1n) is 7.54. The van der Waals surface area contributed by atoms with Gasteiger partial charge in [0, 0.05) is 17.8 Å². The summed E-state index contributed by atoms with van der Waals surface area (Å²) >= 11 is 0. The van der Waals surface area contributed by atoms with E-state index in [9.17, 15) is 13.2 Å². The van der Waals surface area contributed by atoms with Crippen LogP contribution >= 0.6 is 0 Å². The van der Waals surface area contributed by atoms with Crippen molar-refractivity contribution in [1.29, 1.82) is 0 Å². The lowest BCUT2D eigenvalue weighted by molar-refractivity contribution is -0.116. The van der Waals surface area contributed by atoms with Crippen LogP contribution < -0.4 is 10.0 Å². The maximum absolute atomic E-state index is 12.4. The lowest BCUT2D eigenvalue weighted by atomic mass is 10.1. The van der Waals surface area contributed by atoms with Crippen molar-refractivity contribution in [3.05, 3.63) is 35.7 Å². The molecule has 7 nitrogen and oxygen atoms in total. The van der Waals surface area contributed by atoms with Gasteiger partial charge in [0.05, 0.1) is 0 Å². The number of nitrogens with zero attached hydrogens (tertiary/aromatic N) is 1. The van der Waals surface area contributed by atoms with E-state index in [2.05, 4.69) is 15.2 Å². The normalized spacial score (nSPS) is 11.5. The molecule has 0 saturated carbocycles. The van der Waals surface area contributed by atoms with E-state index in [-0.39, 0.29) is 22.5 Å². The Labute approximate surface area is 141 Å². The molecule has 1 aromatic carbocycles. The third kappa shape index (κ3) is 4.35. The summed E-state index contributed by atoms with van der Waals surface area (Å²) in [6, 6.07) is 6.45. The Hall–Kier alpha value is -2.35. The van der Waals surface area contributed by atoms with Crippen LogP contribution in [0.2, 0.25) is 0 Å². The Morgan fingerprint density at radius 3 is 2.25 bits per heavy atom. The van der Waals surface area contributed by atoms with Crippen molar-refractivity contribution in [1.82, 2.24) is 5.16 Å². The van der Waals surface area contributed by atoms with Crippen LogP contribution in [0.1, 0.15) is 31.7 Å². The number of aromatic nitrogens is 1. The molecule has 2 rings (SSSR count). The molecule has 2 N–H and O–H groups in total. The van der Waals surface area contributed by atoms with Gasteiger partial charge in [-0.2, -0.15) is 0 Å². The van der Waals surface area contributed by atoms with Gasteiger partial charge in [0.25, 0.3) is 10.0 Å². The fourth-order valence-corrected chi connectivity index (χ4v) is 3.66. The number of sulfonamides is 1. The van der Waals surface area contributed by atoms with Crippen LogP contribution in [0, 0.1) is 19.8 Å². The molecule has 130 valence electrons. The third-order valence-corrected chi connectivity index (χ3v) is 4.88. The topological polar surface area (TPSA) is 101 Å². The predicted octanol–water partition coefficient (Wildman–Crippen LogP) is 3.08. The van der Waals surface area contributed by atoms with Crippen LogP contribution in [0.25, 0.3) is 0 Å². The minimum absolute atomic E-state index is 0.0387. The molecule has 0 bridgehead atoms. The second-order valence-corrected chi connectivity index (χ2v) is 7.60. The molecule has 1 heterocycles. The zero-order valence-electron chi connectivity index (χ0n) is 14.1. The van der Waals surface area contributed by atoms with Gasteiger partial charge in [-0.15, -0.1) is 0 Å². The van der Waals surface area contributed by atoms with E-state index in [1.807, 2.05) is 13.8 Å². The lowest BCUT2D eigenvalue weighted by Crippen LogP contribution is -2.15. The van der Waals surface area contributed by atoms with Crippen molar-refractivity contribution in [2.75, 3.05) is 10.0 Å². The van der Waals surface area contributed by atoms with Crippen molar-refractivity contribution in [3.63, 3.8) is 0 Å². The van der Waals surface area contributed by atoms with Gasteiger partial charge < -0.3 is 9.84 Å². The molecule has 0 atom stereocenters. The predicted molar refractivity (Wildman–Crippen MR) is 91.3 cm³/mol. The maximum atomic E-state index is 12.4. The number of amides is 1. The highest BCUT2D eigenvalue weighted by atomic mass is 32.2. The number of aryl methyl sites for hydroxylation is 2. The number of hydrogen-bond acceptors (Lipinski definition) is 5. The monoisotopic (exact) mass is 351 g/mol. The smallest absolute Gasteiger partial charge is 0.267 e. The van der Waals surface area contributed by atoms with Crippen molar-refractivity contribution in [3.8, 4) is 0 Å². The number of carbonyl (C=O) groups is 1. The van der Waals surface area contributed by atoms with Gasteiger partial charge >= 0.3 is 0 Å². The van der Waals surface area contributed by atoms with E-state index in [1.165, 1.54) is 0 Å². The van der Waals surface area contributed by atoms with Crippen molar-refractivity contribution in [2.24, 2.45) is 5.92 Å². The second-order valence-electron chi connectivity index (χ2n) is 5.98. The molecule has 0 unspecified atom stereocenters. The van der Waals surface area contributed by atoms with Gasteiger partial charge in [-0.25, -0.2) is 8.42 Å². The summed E-state index contributed by atoms with van der Waals surface area (Å²) in [7, 11) is -3.78. The Bertz CT molecular complexity index is 804. The Kier molecular flexibility index (Phi) is 5.28. The van der Waals surface area contributed by atoms with E-state index >= 15 is 0 Å². The zero-order valence-corrected chi connectivity index (χ0v) is 14.9. The summed E-state index contributed by atoms with van der Waals surface area (Å²) in [5.41, 5.74) is 1.30. The molecule has 1 amide bonds. The number of rotatable bonds is 6. The molecular formula is C16H21N3O4S. The largest absolute Gasteiger partial charge is 0.360 e. The van der Waals surface area contributed by atoms with E-state index in [0.717, 1.165) is 0 Å². The Morgan fingerprint density at radius 1 is 1.17 bits per heavy atom. The van der Waals surface area contributed by atoms with Crippen LogP contribution in [0.15, 0.2) is 33.7 Å². The quantitative estimate of drug-likeness (QED) is 0.833. The number of nitrogens with one attached hydrogen (secondary N) is 2. The minimum Gasteiger partial charge on any atom is -0.360 e. The van der Waals surface area contributed by atoms with Crippen LogP contribution in [-0.2, 0) is 14.8 Å². The summed E-state index contributed by atoms with van der Waals surface area (Å²) in [6.07, 6.45) is 0.431. The summed E-state index contributed by atoms with van der Waals surface area (Å²) in [5, 5.41) is 6.42. The van der Waals surface area contributed by atoms with Crippen LogP contribution in [0.5, 0.6) is 0 Å². The number of anilines is 2. The highest BCUT2D eigenvalue weighted by Crippen LogP contribution is 2.23. The van der Waals surface area contributed by atoms with Crippen molar-refractivity contribution in [2.45, 2.75) is 39.0 Å². The molecule has 2 aromatic rings. The van der Waals surface area contributed by atoms with E-state index in [0.29, 0.717) is 23.5 Å². The molecular weight excluding hydrogens is 330 g/mol. The maximum Gasteiger partial charge on any atom is 0.267 e. The second kappa shape index (κ2) is 7.04. The van der Waals surface area contributed by atoms with Crippen LogP contribution in [0.3, 0.4) is 0 Å². The zero-order chi connectivity index (χ0) is 17.9. The van der Waals surface area contributed by atoms with E-state index < -0.39 is 10.0 Å². The number of carbonyl (C=O) groups excluding carboxylic acids is 1. The van der Waals surface area contributed by atoms with Gasteiger partial charge in [0.15, 0.2) is 10.7 Å². The lowest BCUT2D eigenvalue weighted by Gasteiger charge is -2.10. The summed E-state index contributed by atoms with van der Waals surface area (Å²) < 4.78 is 32.2. The summed E-state index contributed by atoms with van der Waals surface area (Å²) in [5.74, 6) is 0.428. The van der Waals surface area contributed by atoms with Gasteiger partial charge in [-0.3, -0.25) is 9.52 Å². The average Bonchev–Trinajstić information content (AvgIpc) is 2.79. The SMILES string of the molecule is Cc1noc(C)c1S(=O)(=O)Nc1ccc(NC(=O)CC(C)C)cc1. The molecule has 0 saturated heterocycles. The number of hydrogen-bond donors (Lipinski definition) is 2. The molecule has 1 aromatic heterocycles. The van der Waals surface area contributed by atoms with Crippen LogP contribution in [-0.4, -0.2) is 19.5 Å². The van der Waals surface area contributed by atoms with Crippen molar-refractivity contribution < 1.29 is 17.7 Å². The fraction of sp³-hybridized carbons (Fsp3) is 0.375. The number of benzene rings is 1. The average molecular weight is 351 g/mol. The Morgan fingerprint density at radius 2 is 1.75 bits per heavy atom. The van der Waals surface area contributed by atoms with E-state index in [1.54, 1.807) is 38.1 Å². The standard InChI is InChI=1S/C16H21N3O4S/c1-10(2)9-15(20)17-13-5-7-14(8-6-13)19-24(21,22)16-11(3)18-23-12(16)4/h5-8,10,19H,9H2,1-4H3,(H,17,20). The summed E-state index contributed by atoms with van der Waals surface area (Å²) in [4.78, 5) is 11.8. The first-order valence-corrected chi connectivity index (χ1v) is 9.03. The first kappa shape index (κ1) is 18.0. The highest BCUT2D eigenvalue weighted by molar-refractivity contribution is 7.92. The molecule has 0 fully saturated rings. The molecule has 0 aliphatic heterocycles. The molecule has 0 radical (unpaired) electrons.